The maximum absolute atomic E-state index is 12.8. The summed E-state index contributed by atoms with van der Waals surface area (Å²) in [6.07, 6.45) is 2.68. The molecule has 10 heteroatoms. The zero-order valence-electron chi connectivity index (χ0n) is 17.5. The summed E-state index contributed by atoms with van der Waals surface area (Å²) >= 11 is 0. The SMILES string of the molecule is CC(C)(C)OC(=O)NCNC1CCC2(CC1)CN([C@@H](CCC(N)=O)C(N)=O)C2=O. The Balaban J connectivity index is 1.76. The molecule has 0 aromatic rings. The van der Waals surface area contributed by atoms with Crippen LogP contribution in [0.3, 0.4) is 0 Å². The van der Waals surface area contributed by atoms with Crippen LogP contribution in [-0.4, -0.2) is 59.6 Å². The van der Waals surface area contributed by atoms with Crippen LogP contribution in [0, 0.1) is 5.41 Å². The van der Waals surface area contributed by atoms with Crippen molar-refractivity contribution in [2.75, 3.05) is 13.2 Å². The first kappa shape index (κ1) is 22.9. The number of ether oxygens (including phenoxy) is 1. The topological polar surface area (TPSA) is 157 Å². The third-order valence-electron chi connectivity index (χ3n) is 5.52. The van der Waals surface area contributed by atoms with Crippen molar-refractivity contribution in [1.29, 1.82) is 0 Å². The van der Waals surface area contributed by atoms with E-state index in [0.717, 1.165) is 12.8 Å². The van der Waals surface area contributed by atoms with E-state index < -0.39 is 35.0 Å². The molecular formula is C19H33N5O5. The highest BCUT2D eigenvalue weighted by Crippen LogP contribution is 2.46. The summed E-state index contributed by atoms with van der Waals surface area (Å²) in [7, 11) is 0. The maximum Gasteiger partial charge on any atom is 0.408 e. The monoisotopic (exact) mass is 411 g/mol. The third-order valence-corrected chi connectivity index (χ3v) is 5.52. The number of β-lactam (4-membered cyclic amide) rings is 1. The number of hydrogen-bond acceptors (Lipinski definition) is 6. The average Bonchev–Trinajstić information content (AvgIpc) is 2.60. The number of nitrogens with two attached hydrogens (primary N) is 2. The molecule has 1 atom stereocenters. The van der Waals surface area contributed by atoms with Crippen LogP contribution in [0.2, 0.25) is 0 Å². The summed E-state index contributed by atoms with van der Waals surface area (Å²) in [5.74, 6) is -1.21. The molecule has 1 aliphatic heterocycles. The minimum absolute atomic E-state index is 0.0149. The van der Waals surface area contributed by atoms with Gasteiger partial charge in [0.2, 0.25) is 17.7 Å². The Morgan fingerprint density at radius 3 is 2.34 bits per heavy atom. The zero-order chi connectivity index (χ0) is 21.8. The number of rotatable bonds is 8. The van der Waals surface area contributed by atoms with E-state index in [1.807, 2.05) is 0 Å². The van der Waals surface area contributed by atoms with Crippen molar-refractivity contribution in [3.63, 3.8) is 0 Å². The van der Waals surface area contributed by atoms with E-state index in [1.54, 1.807) is 20.8 Å². The number of nitrogens with zero attached hydrogens (tertiary/aromatic N) is 1. The van der Waals surface area contributed by atoms with Crippen molar-refractivity contribution in [3.8, 4) is 0 Å². The molecule has 164 valence electrons. The van der Waals surface area contributed by atoms with Gasteiger partial charge in [0.15, 0.2) is 0 Å². The number of primary amides is 2. The summed E-state index contributed by atoms with van der Waals surface area (Å²) in [6.45, 7) is 6.17. The molecule has 2 fully saturated rings. The van der Waals surface area contributed by atoms with Gasteiger partial charge in [0.25, 0.3) is 0 Å². The van der Waals surface area contributed by atoms with E-state index in [1.165, 1.54) is 4.90 Å². The Labute approximate surface area is 171 Å². The van der Waals surface area contributed by atoms with Gasteiger partial charge in [-0.05, 0) is 52.9 Å². The second-order valence-electron chi connectivity index (χ2n) is 8.97. The molecule has 1 aliphatic carbocycles. The summed E-state index contributed by atoms with van der Waals surface area (Å²) in [6, 6.07) is -0.589. The van der Waals surface area contributed by atoms with E-state index in [4.69, 9.17) is 16.2 Å². The van der Waals surface area contributed by atoms with Crippen molar-refractivity contribution < 1.29 is 23.9 Å². The standard InChI is InChI=1S/C19H33N5O5/c1-18(2,3)29-17(28)23-11-22-12-6-8-19(9-7-12)10-24(16(19)27)13(15(21)26)4-5-14(20)25/h12-13,22H,4-11H2,1-3H3,(H2,20,25)(H2,21,26)(H,23,28)/t12?,13-,19?/m0/s1. The highest BCUT2D eigenvalue weighted by Gasteiger charge is 2.55. The molecule has 1 spiro atoms. The van der Waals surface area contributed by atoms with E-state index in [-0.39, 0.29) is 24.8 Å². The molecule has 0 aromatic heterocycles. The van der Waals surface area contributed by atoms with Gasteiger partial charge in [0.1, 0.15) is 11.6 Å². The molecule has 0 bridgehead atoms. The number of carbonyl (C=O) groups excluding carboxylic acids is 4. The Bertz CT molecular complexity index is 652. The van der Waals surface area contributed by atoms with E-state index in [0.29, 0.717) is 26.1 Å². The van der Waals surface area contributed by atoms with Gasteiger partial charge in [0, 0.05) is 19.0 Å². The second kappa shape index (κ2) is 8.98. The van der Waals surface area contributed by atoms with Crippen LogP contribution >= 0.6 is 0 Å². The normalized spacial score (nSPS) is 25.3. The lowest BCUT2D eigenvalue weighted by Crippen LogP contribution is -2.68. The second-order valence-corrected chi connectivity index (χ2v) is 8.97. The van der Waals surface area contributed by atoms with Gasteiger partial charge in [-0.1, -0.05) is 0 Å². The molecular weight excluding hydrogens is 378 g/mol. The Morgan fingerprint density at radius 2 is 1.86 bits per heavy atom. The van der Waals surface area contributed by atoms with Crippen LogP contribution in [0.15, 0.2) is 0 Å². The number of nitrogens with one attached hydrogen (secondary N) is 2. The fourth-order valence-electron chi connectivity index (χ4n) is 3.99. The minimum Gasteiger partial charge on any atom is -0.444 e. The van der Waals surface area contributed by atoms with Gasteiger partial charge in [-0.25, -0.2) is 4.79 Å². The molecule has 4 amide bonds. The van der Waals surface area contributed by atoms with Gasteiger partial charge in [-0.3, -0.25) is 19.7 Å². The van der Waals surface area contributed by atoms with Crippen molar-refractivity contribution in [2.24, 2.45) is 16.9 Å². The molecule has 0 aromatic carbocycles. The average molecular weight is 412 g/mol. The fraction of sp³-hybridized carbons (Fsp3) is 0.789. The van der Waals surface area contributed by atoms with Crippen LogP contribution in [0.4, 0.5) is 4.79 Å². The predicted molar refractivity (Wildman–Crippen MR) is 105 cm³/mol. The minimum atomic E-state index is -0.783. The number of carbonyl (C=O) groups is 4. The number of hydrogen-bond donors (Lipinski definition) is 4. The molecule has 0 unspecified atom stereocenters. The van der Waals surface area contributed by atoms with Crippen LogP contribution in [0.5, 0.6) is 0 Å². The Kier molecular flexibility index (Phi) is 7.10. The van der Waals surface area contributed by atoms with Gasteiger partial charge in [-0.15, -0.1) is 0 Å². The molecule has 1 saturated carbocycles. The Morgan fingerprint density at radius 1 is 1.24 bits per heavy atom. The summed E-state index contributed by atoms with van der Waals surface area (Å²) in [4.78, 5) is 48.6. The van der Waals surface area contributed by atoms with Gasteiger partial charge in [0.05, 0.1) is 12.1 Å². The van der Waals surface area contributed by atoms with Crippen molar-refractivity contribution in [1.82, 2.24) is 15.5 Å². The molecule has 2 rings (SSSR count). The first-order chi connectivity index (χ1) is 13.4. The molecule has 10 nitrogen and oxygen atoms in total. The quantitative estimate of drug-likeness (QED) is 0.324. The first-order valence-electron chi connectivity index (χ1n) is 10.0. The highest BCUT2D eigenvalue weighted by atomic mass is 16.6. The number of alkyl carbamates (subject to hydrolysis) is 1. The number of likely N-dealkylation sites (tertiary alicyclic amines) is 1. The van der Waals surface area contributed by atoms with E-state index in [9.17, 15) is 19.2 Å². The van der Waals surface area contributed by atoms with E-state index in [2.05, 4.69) is 10.6 Å². The van der Waals surface area contributed by atoms with Crippen molar-refractivity contribution in [3.05, 3.63) is 0 Å². The Hall–Kier alpha value is -2.36. The molecule has 2 aliphatic rings. The van der Waals surface area contributed by atoms with E-state index >= 15 is 0 Å². The largest absolute Gasteiger partial charge is 0.444 e. The smallest absolute Gasteiger partial charge is 0.408 e. The molecule has 0 radical (unpaired) electrons. The van der Waals surface area contributed by atoms with Crippen LogP contribution < -0.4 is 22.1 Å². The van der Waals surface area contributed by atoms with Crippen molar-refractivity contribution in [2.45, 2.75) is 77.0 Å². The van der Waals surface area contributed by atoms with Crippen LogP contribution in [0.25, 0.3) is 0 Å². The van der Waals surface area contributed by atoms with Crippen molar-refractivity contribution >= 4 is 23.8 Å². The molecule has 1 heterocycles. The summed E-state index contributed by atoms with van der Waals surface area (Å²) in [5, 5.41) is 5.93. The molecule has 29 heavy (non-hydrogen) atoms. The predicted octanol–water partition coefficient (Wildman–Crippen LogP) is -0.0512. The number of amides is 4. The van der Waals surface area contributed by atoms with Crippen LogP contribution in [0.1, 0.15) is 59.3 Å². The molecule has 6 N–H and O–H groups in total. The maximum atomic E-state index is 12.8. The lowest BCUT2D eigenvalue weighted by Gasteiger charge is -2.54. The van der Waals surface area contributed by atoms with Gasteiger partial charge >= 0.3 is 6.09 Å². The molecule has 1 saturated heterocycles. The first-order valence-corrected chi connectivity index (χ1v) is 10.0. The zero-order valence-corrected chi connectivity index (χ0v) is 17.5. The lowest BCUT2D eigenvalue weighted by atomic mass is 9.66. The lowest BCUT2D eigenvalue weighted by molar-refractivity contribution is -0.171. The van der Waals surface area contributed by atoms with Gasteiger partial charge < -0.3 is 26.4 Å². The van der Waals surface area contributed by atoms with Gasteiger partial charge in [-0.2, -0.15) is 0 Å². The summed E-state index contributed by atoms with van der Waals surface area (Å²) < 4.78 is 5.18. The fourth-order valence-corrected chi connectivity index (χ4v) is 3.99. The summed E-state index contributed by atoms with van der Waals surface area (Å²) in [5.41, 5.74) is 9.56. The third kappa shape index (κ3) is 6.06. The highest BCUT2D eigenvalue weighted by molar-refractivity contribution is 5.94. The van der Waals surface area contributed by atoms with Crippen LogP contribution in [-0.2, 0) is 19.1 Å².